The smallest absolute Gasteiger partial charge is 0.400 e. The lowest BCUT2D eigenvalue weighted by Crippen LogP contribution is -2.31. The number of nitrogens with one attached hydrogen (secondary N) is 2. The predicted molar refractivity (Wildman–Crippen MR) is 104 cm³/mol. The Kier molecular flexibility index (Phi) is 6.22. The molecule has 0 bridgehead atoms. The fourth-order valence-electron chi connectivity index (χ4n) is 3.12. The molecule has 0 saturated carbocycles. The van der Waals surface area contributed by atoms with Crippen molar-refractivity contribution in [2.75, 3.05) is 36.8 Å². The van der Waals surface area contributed by atoms with Crippen LogP contribution in [0.4, 0.5) is 24.5 Å². The first-order chi connectivity index (χ1) is 14.7. The number of carbonyl (C=O) groups is 3. The second-order valence-corrected chi connectivity index (χ2v) is 6.43. The van der Waals surface area contributed by atoms with Crippen LogP contribution in [0.25, 0.3) is 0 Å². The Morgan fingerprint density at radius 3 is 2.00 bits per heavy atom. The zero-order valence-electron chi connectivity index (χ0n) is 16.0. The molecule has 9 nitrogen and oxygen atoms in total. The number of halogens is 3. The Balaban J connectivity index is 2.17. The molecule has 31 heavy (non-hydrogen) atoms. The molecular weight excluding hydrogens is 419 g/mol. The van der Waals surface area contributed by atoms with Crippen LogP contribution in [-0.4, -0.2) is 54.9 Å². The minimum Gasteiger partial charge on any atom is -0.400 e. The van der Waals surface area contributed by atoms with E-state index in [0.29, 0.717) is 12.2 Å². The molecule has 0 amide bonds. The molecule has 0 spiro atoms. The molecule has 0 fully saturated rings. The molecule has 0 unspecified atom stereocenters. The monoisotopic (exact) mass is 437 g/mol. The lowest BCUT2D eigenvalue weighted by Gasteiger charge is -2.24. The Morgan fingerprint density at radius 1 is 0.935 bits per heavy atom. The zero-order valence-corrected chi connectivity index (χ0v) is 16.0. The summed E-state index contributed by atoms with van der Waals surface area (Å²) in [7, 11) is 0. The highest BCUT2D eigenvalue weighted by molar-refractivity contribution is 6.32. The van der Waals surface area contributed by atoms with E-state index < -0.39 is 35.2 Å². The number of nitrogens with two attached hydrogens (primary N) is 2. The number of nitrogens with zero attached hydrogens (tertiary/aromatic N) is 1. The van der Waals surface area contributed by atoms with Gasteiger partial charge in [0.25, 0.3) is 0 Å². The molecule has 164 valence electrons. The molecule has 1 aromatic heterocycles. The van der Waals surface area contributed by atoms with Crippen LogP contribution in [-0.2, 0) is 4.79 Å². The van der Waals surface area contributed by atoms with Crippen molar-refractivity contribution in [1.29, 1.82) is 0 Å². The maximum absolute atomic E-state index is 13.3. The molecule has 1 heterocycles. The molecule has 3 rings (SSSR count). The Hall–Kier alpha value is -3.51. The summed E-state index contributed by atoms with van der Waals surface area (Å²) in [6, 6.07) is 4.28. The van der Waals surface area contributed by atoms with Crippen LogP contribution >= 0.6 is 0 Å². The number of alkyl halides is 3. The van der Waals surface area contributed by atoms with Gasteiger partial charge in [0, 0.05) is 49.3 Å². The number of fused-ring (bicyclic) bond motifs is 2. The molecule has 1 aromatic carbocycles. The van der Waals surface area contributed by atoms with Crippen LogP contribution in [0.3, 0.4) is 0 Å². The third-order valence-corrected chi connectivity index (χ3v) is 4.39. The largest absolute Gasteiger partial charge is 0.491 e. The van der Waals surface area contributed by atoms with E-state index in [9.17, 15) is 27.6 Å². The number of benzene rings is 1. The van der Waals surface area contributed by atoms with Crippen LogP contribution in [0.2, 0.25) is 0 Å². The van der Waals surface area contributed by atoms with Crippen molar-refractivity contribution >= 4 is 28.9 Å². The van der Waals surface area contributed by atoms with Crippen LogP contribution in [0, 0.1) is 0 Å². The van der Waals surface area contributed by atoms with E-state index in [4.69, 9.17) is 11.5 Å². The van der Waals surface area contributed by atoms with E-state index in [0.717, 1.165) is 6.20 Å². The first kappa shape index (κ1) is 22.2. The summed E-state index contributed by atoms with van der Waals surface area (Å²) in [4.78, 5) is 41.4. The van der Waals surface area contributed by atoms with Crippen LogP contribution in [0.5, 0.6) is 5.88 Å². The molecule has 1 aliphatic carbocycles. The van der Waals surface area contributed by atoms with Gasteiger partial charge in [0.2, 0.25) is 11.7 Å². The molecular formula is C19H18F3N5O4. The van der Waals surface area contributed by atoms with Crippen LogP contribution in [0.15, 0.2) is 24.4 Å². The van der Waals surface area contributed by atoms with Gasteiger partial charge in [-0.1, -0.05) is 0 Å². The highest BCUT2D eigenvalue weighted by Gasteiger charge is 2.44. The second-order valence-electron chi connectivity index (χ2n) is 6.43. The standard InChI is InChI=1S/C19H18F3N5O4/c20-19(21,22)18(30)31-17-12-9(3-6-27-17)15(28)13-10(25-7-4-23)1-2-11(26-8-5-24)14(13)16(12)29/h1-3,6,25-26H,4-5,7-8,23-24H2. The predicted octanol–water partition coefficient (Wildman–Crippen LogP) is 1.07. The number of pyridine rings is 1. The van der Waals surface area contributed by atoms with Gasteiger partial charge < -0.3 is 26.8 Å². The Bertz CT molecular complexity index is 1060. The first-order valence-electron chi connectivity index (χ1n) is 9.13. The second kappa shape index (κ2) is 8.70. The van der Waals surface area contributed by atoms with Gasteiger partial charge in [-0.2, -0.15) is 13.2 Å². The van der Waals surface area contributed by atoms with Gasteiger partial charge in [-0.3, -0.25) is 9.59 Å². The summed E-state index contributed by atoms with van der Waals surface area (Å²) >= 11 is 0. The number of esters is 1. The molecule has 0 saturated heterocycles. The van der Waals surface area contributed by atoms with Gasteiger partial charge in [-0.15, -0.1) is 0 Å². The summed E-state index contributed by atoms with van der Waals surface area (Å²) < 4.78 is 42.3. The normalized spacial score (nSPS) is 12.8. The first-order valence-corrected chi connectivity index (χ1v) is 9.13. The van der Waals surface area contributed by atoms with E-state index in [2.05, 4.69) is 20.4 Å². The highest BCUT2D eigenvalue weighted by atomic mass is 19.4. The van der Waals surface area contributed by atoms with Crippen molar-refractivity contribution < 1.29 is 32.3 Å². The number of hydrogen-bond acceptors (Lipinski definition) is 9. The number of anilines is 2. The van der Waals surface area contributed by atoms with E-state index in [1.54, 1.807) is 6.07 Å². The van der Waals surface area contributed by atoms with Gasteiger partial charge in [0.05, 0.1) is 16.7 Å². The van der Waals surface area contributed by atoms with Gasteiger partial charge in [0.1, 0.15) is 0 Å². The third kappa shape index (κ3) is 4.20. The third-order valence-electron chi connectivity index (χ3n) is 4.39. The van der Waals surface area contributed by atoms with Gasteiger partial charge in [0.15, 0.2) is 5.78 Å². The van der Waals surface area contributed by atoms with Crippen molar-refractivity contribution in [3.63, 3.8) is 0 Å². The average molecular weight is 437 g/mol. The maximum Gasteiger partial charge on any atom is 0.491 e. The lowest BCUT2D eigenvalue weighted by atomic mass is 9.82. The summed E-state index contributed by atoms with van der Waals surface area (Å²) in [5.74, 6) is -4.92. The van der Waals surface area contributed by atoms with Crippen molar-refractivity contribution in [3.8, 4) is 5.88 Å². The van der Waals surface area contributed by atoms with Crippen molar-refractivity contribution in [1.82, 2.24) is 4.98 Å². The minimum atomic E-state index is -5.31. The summed E-state index contributed by atoms with van der Waals surface area (Å²) in [6.45, 7) is 1.04. The molecule has 0 aliphatic heterocycles. The van der Waals surface area contributed by atoms with Gasteiger partial charge in [-0.25, -0.2) is 9.78 Å². The molecule has 6 N–H and O–H groups in total. The number of hydrogen-bond donors (Lipinski definition) is 4. The molecule has 0 radical (unpaired) electrons. The van der Waals surface area contributed by atoms with Gasteiger partial charge >= 0.3 is 12.1 Å². The maximum atomic E-state index is 13.3. The SMILES string of the molecule is NCCNc1ccc(NCCN)c2c1C(=O)c1ccnc(OC(=O)C(F)(F)F)c1C2=O. The fraction of sp³-hybridized carbons (Fsp3) is 0.263. The highest BCUT2D eigenvalue weighted by Crippen LogP contribution is 2.39. The molecule has 0 atom stereocenters. The lowest BCUT2D eigenvalue weighted by molar-refractivity contribution is -0.190. The number of ketones is 2. The quantitative estimate of drug-likeness (QED) is 0.398. The van der Waals surface area contributed by atoms with E-state index in [1.165, 1.54) is 12.1 Å². The summed E-state index contributed by atoms with van der Waals surface area (Å²) in [5.41, 5.74) is 10.7. The number of carbonyl (C=O) groups excluding carboxylic acids is 3. The van der Waals surface area contributed by atoms with Gasteiger partial charge in [-0.05, 0) is 18.2 Å². The van der Waals surface area contributed by atoms with E-state index in [1.807, 2.05) is 0 Å². The molecule has 1 aliphatic rings. The fourth-order valence-corrected chi connectivity index (χ4v) is 3.12. The average Bonchev–Trinajstić information content (AvgIpc) is 2.73. The molecule has 2 aromatic rings. The van der Waals surface area contributed by atoms with E-state index >= 15 is 0 Å². The topological polar surface area (TPSA) is 149 Å². The Morgan fingerprint density at radius 2 is 1.48 bits per heavy atom. The van der Waals surface area contributed by atoms with Crippen molar-refractivity contribution in [2.45, 2.75) is 6.18 Å². The Labute approximate surface area is 173 Å². The van der Waals surface area contributed by atoms with Crippen molar-refractivity contribution in [2.24, 2.45) is 11.5 Å². The number of rotatable bonds is 7. The summed E-state index contributed by atoms with van der Waals surface area (Å²) in [6.07, 6.45) is -4.32. The zero-order chi connectivity index (χ0) is 22.8. The number of aromatic nitrogens is 1. The van der Waals surface area contributed by atoms with Crippen LogP contribution in [0.1, 0.15) is 31.8 Å². The van der Waals surface area contributed by atoms with Crippen LogP contribution < -0.4 is 26.8 Å². The summed E-state index contributed by atoms with van der Waals surface area (Å²) in [5, 5.41) is 5.87. The van der Waals surface area contributed by atoms with E-state index in [-0.39, 0.29) is 42.0 Å². The number of ether oxygens (including phenoxy) is 1. The molecule has 12 heteroatoms. The van der Waals surface area contributed by atoms with Crippen molar-refractivity contribution in [3.05, 3.63) is 46.6 Å². The minimum absolute atomic E-state index is 0.0206.